The van der Waals surface area contributed by atoms with Gasteiger partial charge in [0.15, 0.2) is 0 Å². The molecule has 170 valence electrons. The third-order valence-electron chi connectivity index (χ3n) is 5.38. The monoisotopic (exact) mass is 454 g/mol. The molecule has 0 saturated carbocycles. The molecule has 0 bridgehead atoms. The Morgan fingerprint density at radius 3 is 2.76 bits per heavy atom. The highest BCUT2D eigenvalue weighted by Crippen LogP contribution is 2.23. The molecule has 4 N–H and O–H groups in total. The molecule has 2 heterocycles. The van der Waals surface area contributed by atoms with E-state index in [1.807, 2.05) is 38.1 Å². The van der Waals surface area contributed by atoms with Gasteiger partial charge in [-0.3, -0.25) is 14.8 Å². The maximum atomic E-state index is 14.8. The van der Waals surface area contributed by atoms with E-state index in [9.17, 15) is 9.18 Å². The van der Waals surface area contributed by atoms with Gasteiger partial charge in [-0.05, 0) is 42.0 Å². The van der Waals surface area contributed by atoms with Crippen LogP contribution in [-0.4, -0.2) is 20.2 Å². The molecule has 0 aliphatic rings. The average Bonchev–Trinajstić information content (AvgIpc) is 2.82. The summed E-state index contributed by atoms with van der Waals surface area (Å²) in [6.45, 7) is 3.85. The van der Waals surface area contributed by atoms with Crippen molar-refractivity contribution in [2.24, 2.45) is 0 Å². The molecular formula is C26H23FN6O. The van der Waals surface area contributed by atoms with Gasteiger partial charge >= 0.3 is 0 Å². The first kappa shape index (κ1) is 22.7. The Kier molecular flexibility index (Phi) is 6.37. The Morgan fingerprint density at radius 1 is 1.21 bits per heavy atom. The lowest BCUT2D eigenvalue weighted by Gasteiger charge is -2.18. The molecule has 7 nitrogen and oxygen atoms in total. The summed E-state index contributed by atoms with van der Waals surface area (Å²) in [5.74, 6) is 5.50. The highest BCUT2D eigenvalue weighted by Gasteiger charge is 2.17. The number of pyridine rings is 1. The van der Waals surface area contributed by atoms with Crippen molar-refractivity contribution in [1.29, 1.82) is 5.41 Å². The van der Waals surface area contributed by atoms with Crippen molar-refractivity contribution in [2.45, 2.75) is 26.8 Å². The smallest absolute Gasteiger partial charge is 0.263 e. The first-order valence-electron chi connectivity index (χ1n) is 10.7. The Labute approximate surface area is 196 Å². The van der Waals surface area contributed by atoms with E-state index in [0.717, 1.165) is 10.9 Å². The Morgan fingerprint density at radius 2 is 2.00 bits per heavy atom. The molecule has 0 radical (unpaired) electrons. The van der Waals surface area contributed by atoms with E-state index in [0.29, 0.717) is 23.3 Å². The molecule has 0 saturated heterocycles. The molecule has 8 heteroatoms. The highest BCUT2D eigenvalue weighted by atomic mass is 19.1. The molecule has 0 fully saturated rings. The zero-order valence-electron chi connectivity index (χ0n) is 18.8. The number of para-hydroxylation sites is 1. The molecule has 2 aromatic heterocycles. The second-order valence-electron chi connectivity index (χ2n) is 7.63. The molecule has 0 atom stereocenters. The number of aromatic nitrogens is 3. The van der Waals surface area contributed by atoms with Gasteiger partial charge in [-0.15, -0.1) is 0 Å². The topological polar surface area (TPSA) is 110 Å². The standard InChI is InChI=1S/C26H23FN6O/c1-3-4-11-20(28)23-24(29)31-15-32-25(23)30-14-18-13-17-9-7-8-16(2)22(17)26(34)33(18)21-12-6-5-10-19(21)27/h5-10,12-13,15,28H,3,14H2,1-2H3,(H3,29,30,31,32). The summed E-state index contributed by atoms with van der Waals surface area (Å²) in [7, 11) is 0. The fraction of sp³-hybridized carbons (Fsp3) is 0.154. The van der Waals surface area contributed by atoms with Gasteiger partial charge in [0.2, 0.25) is 0 Å². The minimum absolute atomic E-state index is 0.0110. The summed E-state index contributed by atoms with van der Waals surface area (Å²) >= 11 is 0. The number of nitrogens with zero attached hydrogens (tertiary/aromatic N) is 3. The van der Waals surface area contributed by atoms with E-state index < -0.39 is 5.82 Å². The van der Waals surface area contributed by atoms with Gasteiger partial charge in [0.05, 0.1) is 23.2 Å². The van der Waals surface area contributed by atoms with Crippen molar-refractivity contribution in [1.82, 2.24) is 14.5 Å². The zero-order chi connectivity index (χ0) is 24.2. The maximum absolute atomic E-state index is 14.8. The fourth-order valence-electron chi connectivity index (χ4n) is 3.81. The Bertz CT molecular complexity index is 1530. The van der Waals surface area contributed by atoms with E-state index in [1.165, 1.54) is 17.0 Å². The van der Waals surface area contributed by atoms with Crippen molar-refractivity contribution in [3.63, 3.8) is 0 Å². The van der Waals surface area contributed by atoms with Gasteiger partial charge in [-0.2, -0.15) is 0 Å². The molecule has 2 aromatic carbocycles. The van der Waals surface area contributed by atoms with Gasteiger partial charge in [0.1, 0.15) is 29.5 Å². The van der Waals surface area contributed by atoms with Crippen LogP contribution in [0.2, 0.25) is 0 Å². The quantitative estimate of drug-likeness (QED) is 0.309. The third kappa shape index (κ3) is 4.24. The van der Waals surface area contributed by atoms with E-state index in [1.54, 1.807) is 18.2 Å². The van der Waals surface area contributed by atoms with Crippen LogP contribution in [0.15, 0.2) is 59.7 Å². The lowest BCUT2D eigenvalue weighted by atomic mass is 10.1. The summed E-state index contributed by atoms with van der Waals surface area (Å²) < 4.78 is 16.1. The van der Waals surface area contributed by atoms with E-state index in [4.69, 9.17) is 11.1 Å². The van der Waals surface area contributed by atoms with Gasteiger partial charge in [0, 0.05) is 12.1 Å². The number of anilines is 2. The van der Waals surface area contributed by atoms with Gasteiger partial charge in [-0.1, -0.05) is 43.2 Å². The SMILES string of the molecule is CCC#CC(=N)c1c(N)ncnc1NCc1cc2cccc(C)c2c(=O)n1-c1ccccc1F. The second-order valence-corrected chi connectivity index (χ2v) is 7.63. The van der Waals surface area contributed by atoms with Crippen LogP contribution in [0.1, 0.15) is 30.2 Å². The van der Waals surface area contributed by atoms with Crippen LogP contribution >= 0.6 is 0 Å². The minimum Gasteiger partial charge on any atom is -0.383 e. The molecular weight excluding hydrogens is 431 g/mol. The lowest BCUT2D eigenvalue weighted by molar-refractivity contribution is 0.614. The Balaban J connectivity index is 1.85. The predicted molar refractivity (Wildman–Crippen MR) is 133 cm³/mol. The largest absolute Gasteiger partial charge is 0.383 e. The first-order valence-corrected chi connectivity index (χ1v) is 10.7. The van der Waals surface area contributed by atoms with E-state index >= 15 is 0 Å². The first-order chi connectivity index (χ1) is 16.4. The number of rotatable bonds is 5. The number of hydrogen-bond acceptors (Lipinski definition) is 6. The summed E-state index contributed by atoms with van der Waals surface area (Å²) in [5, 5.41) is 12.7. The van der Waals surface area contributed by atoms with Crippen LogP contribution in [0.3, 0.4) is 0 Å². The molecule has 0 aliphatic carbocycles. The molecule has 0 spiro atoms. The normalized spacial score (nSPS) is 10.6. The molecule has 4 aromatic rings. The summed E-state index contributed by atoms with van der Waals surface area (Å²) in [6, 6.07) is 13.6. The average molecular weight is 455 g/mol. The number of nitrogens with one attached hydrogen (secondary N) is 2. The molecule has 4 rings (SSSR count). The van der Waals surface area contributed by atoms with Crippen molar-refractivity contribution in [3.8, 4) is 17.5 Å². The van der Waals surface area contributed by atoms with Crippen molar-refractivity contribution in [2.75, 3.05) is 11.1 Å². The second kappa shape index (κ2) is 9.55. The molecule has 0 unspecified atom stereocenters. The van der Waals surface area contributed by atoms with E-state index in [-0.39, 0.29) is 34.9 Å². The summed E-state index contributed by atoms with van der Waals surface area (Å²) in [4.78, 5) is 21.8. The van der Waals surface area contributed by atoms with Crippen LogP contribution < -0.4 is 16.6 Å². The van der Waals surface area contributed by atoms with Gasteiger partial charge in [0.25, 0.3) is 5.56 Å². The number of nitrogen functional groups attached to an aromatic ring is 1. The molecule has 0 aliphatic heterocycles. The third-order valence-corrected chi connectivity index (χ3v) is 5.38. The summed E-state index contributed by atoms with van der Waals surface area (Å²) in [5.41, 5.74) is 7.44. The minimum atomic E-state index is -0.512. The van der Waals surface area contributed by atoms with Gasteiger partial charge in [-0.25, -0.2) is 14.4 Å². The van der Waals surface area contributed by atoms with Crippen molar-refractivity contribution < 1.29 is 4.39 Å². The van der Waals surface area contributed by atoms with Crippen LogP contribution in [0.25, 0.3) is 16.5 Å². The van der Waals surface area contributed by atoms with Crippen molar-refractivity contribution >= 4 is 28.1 Å². The number of benzene rings is 2. The lowest BCUT2D eigenvalue weighted by Crippen LogP contribution is -2.25. The number of hydrogen-bond donors (Lipinski definition) is 3. The summed E-state index contributed by atoms with van der Waals surface area (Å²) in [6.07, 6.45) is 1.87. The number of aryl methyl sites for hydroxylation is 1. The molecule has 0 amide bonds. The Hall–Kier alpha value is -4.51. The predicted octanol–water partition coefficient (Wildman–Crippen LogP) is 4.20. The number of nitrogens with two attached hydrogens (primary N) is 1. The van der Waals surface area contributed by atoms with Crippen molar-refractivity contribution in [3.05, 3.63) is 87.9 Å². The van der Waals surface area contributed by atoms with Gasteiger partial charge < -0.3 is 11.1 Å². The molecule has 34 heavy (non-hydrogen) atoms. The highest BCUT2D eigenvalue weighted by molar-refractivity contribution is 6.16. The van der Waals surface area contributed by atoms with Crippen LogP contribution in [-0.2, 0) is 6.54 Å². The van der Waals surface area contributed by atoms with Crippen LogP contribution in [0.5, 0.6) is 0 Å². The number of halogens is 1. The maximum Gasteiger partial charge on any atom is 0.263 e. The number of fused-ring (bicyclic) bond motifs is 1. The van der Waals surface area contributed by atoms with Crippen LogP contribution in [0, 0.1) is 30.0 Å². The zero-order valence-corrected chi connectivity index (χ0v) is 18.8. The van der Waals surface area contributed by atoms with E-state index in [2.05, 4.69) is 27.1 Å². The fourth-order valence-corrected chi connectivity index (χ4v) is 3.81. The van der Waals surface area contributed by atoms with Crippen LogP contribution in [0.4, 0.5) is 16.0 Å².